The lowest BCUT2D eigenvalue weighted by atomic mass is 10.2. The molecule has 0 unspecified atom stereocenters. The van der Waals surface area contributed by atoms with E-state index in [9.17, 15) is 9.59 Å². The van der Waals surface area contributed by atoms with E-state index < -0.39 is 11.7 Å². The average Bonchev–Trinajstić information content (AvgIpc) is 3.22. The fraction of sp³-hybridized carbons (Fsp3) is 0.0556. The highest BCUT2D eigenvalue weighted by Crippen LogP contribution is 2.28. The number of thiazole rings is 1. The summed E-state index contributed by atoms with van der Waals surface area (Å²) in [4.78, 5) is 28.7. The van der Waals surface area contributed by atoms with Gasteiger partial charge in [0.2, 0.25) is 0 Å². The van der Waals surface area contributed by atoms with Gasteiger partial charge in [-0.2, -0.15) is 0 Å². The highest BCUT2D eigenvalue weighted by atomic mass is 35.5. The molecule has 25 heavy (non-hydrogen) atoms. The quantitative estimate of drug-likeness (QED) is 0.409. The summed E-state index contributed by atoms with van der Waals surface area (Å²) in [5, 5.41) is 6.48. The molecule has 0 aliphatic rings. The van der Waals surface area contributed by atoms with Crippen molar-refractivity contribution >= 4 is 66.3 Å². The molecule has 0 spiro atoms. The molecule has 0 saturated heterocycles. The number of rotatable bonds is 4. The maximum atomic E-state index is 12.3. The van der Waals surface area contributed by atoms with Gasteiger partial charge < -0.3 is 5.32 Å². The number of thiophene rings is 1. The molecule has 0 fully saturated rings. The number of hydrogen-bond acceptors (Lipinski definition) is 5. The number of ketones is 1. The van der Waals surface area contributed by atoms with Gasteiger partial charge in [-0.3, -0.25) is 9.59 Å². The van der Waals surface area contributed by atoms with E-state index >= 15 is 0 Å². The number of hydrogen-bond donors (Lipinski definition) is 1. The van der Waals surface area contributed by atoms with Crippen LogP contribution in [0.2, 0.25) is 5.02 Å². The second-order valence-corrected chi connectivity index (χ2v) is 7.78. The van der Waals surface area contributed by atoms with Gasteiger partial charge in [-0.15, -0.1) is 22.7 Å². The summed E-state index contributed by atoms with van der Waals surface area (Å²) >= 11 is 8.84. The van der Waals surface area contributed by atoms with E-state index in [2.05, 4.69) is 10.3 Å². The molecule has 4 aromatic rings. The number of nitrogens with one attached hydrogen (secondary N) is 1. The first kappa shape index (κ1) is 16.2. The highest BCUT2D eigenvalue weighted by Gasteiger charge is 2.20. The SMILES string of the molecule is O=C(NCc1csc2ccc(Cl)cc12)C(=O)c1nc2ccccc2s1. The topological polar surface area (TPSA) is 59.1 Å². The molecular weight excluding hydrogens is 376 g/mol. The van der Waals surface area contributed by atoms with Crippen molar-refractivity contribution in [3.05, 3.63) is 63.4 Å². The third-order valence-corrected chi connectivity index (χ3v) is 6.03. The summed E-state index contributed by atoms with van der Waals surface area (Å²) in [5.41, 5.74) is 1.66. The summed E-state index contributed by atoms with van der Waals surface area (Å²) < 4.78 is 1.98. The van der Waals surface area contributed by atoms with Gasteiger partial charge in [0, 0.05) is 16.3 Å². The molecule has 4 rings (SSSR count). The maximum Gasteiger partial charge on any atom is 0.295 e. The van der Waals surface area contributed by atoms with Crippen LogP contribution in [0.15, 0.2) is 47.8 Å². The number of amides is 1. The number of halogens is 1. The van der Waals surface area contributed by atoms with E-state index in [4.69, 9.17) is 11.6 Å². The molecule has 2 heterocycles. The van der Waals surface area contributed by atoms with Crippen LogP contribution in [0.3, 0.4) is 0 Å². The van der Waals surface area contributed by atoms with Crippen LogP contribution in [0.25, 0.3) is 20.3 Å². The van der Waals surface area contributed by atoms with Crippen LogP contribution in [0.1, 0.15) is 15.4 Å². The number of carbonyl (C=O) groups is 2. The second kappa shape index (κ2) is 6.55. The summed E-state index contributed by atoms with van der Waals surface area (Å²) in [6.07, 6.45) is 0. The Hall–Kier alpha value is -2.28. The molecule has 1 amide bonds. The van der Waals surface area contributed by atoms with E-state index in [0.29, 0.717) is 5.02 Å². The Labute approximate surface area is 156 Å². The molecule has 0 atom stereocenters. The first-order valence-corrected chi connectivity index (χ1v) is 9.53. The molecule has 0 bridgehead atoms. The number of carbonyl (C=O) groups excluding carboxylic acids is 2. The van der Waals surface area contributed by atoms with E-state index in [-0.39, 0.29) is 11.6 Å². The summed E-state index contributed by atoms with van der Waals surface area (Å²) in [5.74, 6) is -1.26. The first-order chi connectivity index (χ1) is 12.1. The predicted octanol–water partition coefficient (Wildman–Crippen LogP) is 4.66. The monoisotopic (exact) mass is 386 g/mol. The smallest absolute Gasteiger partial charge is 0.295 e. The molecule has 0 aliphatic heterocycles. The van der Waals surface area contributed by atoms with E-state index in [1.165, 1.54) is 11.3 Å². The van der Waals surface area contributed by atoms with Crippen molar-refractivity contribution < 1.29 is 9.59 Å². The minimum atomic E-state index is -0.652. The standard InChI is InChI=1S/C18H11ClN2O2S2/c19-11-5-6-14-12(7-11)10(9-24-14)8-20-17(23)16(22)18-21-13-3-1-2-4-15(13)25-18/h1-7,9H,8H2,(H,20,23). The van der Waals surface area contributed by atoms with Crippen LogP contribution < -0.4 is 5.32 Å². The highest BCUT2D eigenvalue weighted by molar-refractivity contribution is 7.21. The van der Waals surface area contributed by atoms with Crippen molar-refractivity contribution in [2.45, 2.75) is 6.54 Å². The van der Waals surface area contributed by atoms with Gasteiger partial charge in [-0.1, -0.05) is 23.7 Å². The fourth-order valence-corrected chi connectivity index (χ4v) is 4.53. The van der Waals surface area contributed by atoms with E-state index in [0.717, 1.165) is 25.9 Å². The Kier molecular flexibility index (Phi) is 4.25. The third-order valence-electron chi connectivity index (χ3n) is 3.75. The zero-order valence-corrected chi connectivity index (χ0v) is 15.2. The van der Waals surface area contributed by atoms with Gasteiger partial charge in [-0.25, -0.2) is 4.98 Å². The van der Waals surface area contributed by atoms with Crippen LogP contribution in [0.5, 0.6) is 0 Å². The van der Waals surface area contributed by atoms with Crippen LogP contribution in [0, 0.1) is 0 Å². The van der Waals surface area contributed by atoms with Gasteiger partial charge >= 0.3 is 0 Å². The molecule has 7 heteroatoms. The maximum absolute atomic E-state index is 12.3. The van der Waals surface area contributed by atoms with Gasteiger partial charge in [0.1, 0.15) is 0 Å². The van der Waals surface area contributed by atoms with Crippen LogP contribution in [0.4, 0.5) is 0 Å². The number of para-hydroxylation sites is 1. The third kappa shape index (κ3) is 3.16. The van der Waals surface area contributed by atoms with Crippen molar-refractivity contribution in [3.8, 4) is 0 Å². The lowest BCUT2D eigenvalue weighted by molar-refractivity contribution is -0.117. The number of Topliss-reactive ketones (excluding diaryl/α,β-unsaturated/α-hetero) is 1. The molecule has 0 radical (unpaired) electrons. The summed E-state index contributed by atoms with van der Waals surface area (Å²) in [6, 6.07) is 13.1. The molecule has 1 N–H and O–H groups in total. The van der Waals surface area contributed by atoms with Gasteiger partial charge in [-0.05, 0) is 46.7 Å². The first-order valence-electron chi connectivity index (χ1n) is 7.45. The molecule has 2 aromatic heterocycles. The summed E-state index contributed by atoms with van der Waals surface area (Å²) in [7, 11) is 0. The van der Waals surface area contributed by atoms with Gasteiger partial charge in [0.25, 0.3) is 11.7 Å². The molecule has 4 nitrogen and oxygen atoms in total. The van der Waals surface area contributed by atoms with Gasteiger partial charge in [0.15, 0.2) is 5.01 Å². The zero-order chi connectivity index (χ0) is 17.4. The predicted molar refractivity (Wildman–Crippen MR) is 103 cm³/mol. The van der Waals surface area contributed by atoms with Crippen molar-refractivity contribution in [2.75, 3.05) is 0 Å². The Morgan fingerprint density at radius 1 is 1.12 bits per heavy atom. The Bertz CT molecular complexity index is 1080. The van der Waals surface area contributed by atoms with Crippen molar-refractivity contribution in [3.63, 3.8) is 0 Å². The van der Waals surface area contributed by atoms with Crippen molar-refractivity contribution in [1.29, 1.82) is 0 Å². The molecular formula is C18H11ClN2O2S2. The number of aromatic nitrogens is 1. The molecule has 0 aliphatic carbocycles. The van der Waals surface area contributed by atoms with Crippen molar-refractivity contribution in [2.24, 2.45) is 0 Å². The lowest BCUT2D eigenvalue weighted by Crippen LogP contribution is -2.30. The van der Waals surface area contributed by atoms with E-state index in [1.807, 2.05) is 47.8 Å². The minimum Gasteiger partial charge on any atom is -0.345 e. The van der Waals surface area contributed by atoms with Crippen LogP contribution in [-0.2, 0) is 11.3 Å². The molecule has 0 saturated carbocycles. The normalized spacial score (nSPS) is 11.1. The fourth-order valence-electron chi connectivity index (χ4n) is 2.51. The minimum absolute atomic E-state index is 0.205. The Morgan fingerprint density at radius 2 is 1.96 bits per heavy atom. The largest absolute Gasteiger partial charge is 0.345 e. The van der Waals surface area contributed by atoms with Crippen LogP contribution in [-0.4, -0.2) is 16.7 Å². The zero-order valence-electron chi connectivity index (χ0n) is 12.8. The molecule has 2 aromatic carbocycles. The lowest BCUT2D eigenvalue weighted by Gasteiger charge is -2.02. The Balaban J connectivity index is 1.51. The number of fused-ring (bicyclic) bond motifs is 2. The number of nitrogens with zero attached hydrogens (tertiary/aromatic N) is 1. The average molecular weight is 387 g/mol. The second-order valence-electron chi connectivity index (χ2n) is 5.40. The number of benzene rings is 2. The summed E-state index contributed by atoms with van der Waals surface area (Å²) in [6.45, 7) is 0.274. The molecule has 124 valence electrons. The van der Waals surface area contributed by atoms with E-state index in [1.54, 1.807) is 11.3 Å². The Morgan fingerprint density at radius 3 is 2.80 bits per heavy atom. The van der Waals surface area contributed by atoms with Crippen molar-refractivity contribution in [1.82, 2.24) is 10.3 Å². The van der Waals surface area contributed by atoms with Crippen LogP contribution >= 0.6 is 34.3 Å². The van der Waals surface area contributed by atoms with Gasteiger partial charge in [0.05, 0.1) is 10.2 Å².